The van der Waals surface area contributed by atoms with E-state index < -0.39 is 0 Å². The molecule has 0 unspecified atom stereocenters. The zero-order chi connectivity index (χ0) is 18.7. The molecular formula is C21H20N2O2S. The molecule has 0 saturated heterocycles. The van der Waals surface area contributed by atoms with Crippen molar-refractivity contribution < 1.29 is 9.59 Å². The van der Waals surface area contributed by atoms with E-state index in [9.17, 15) is 9.59 Å². The third kappa shape index (κ3) is 4.00. The molecule has 0 aliphatic rings. The summed E-state index contributed by atoms with van der Waals surface area (Å²) in [5.41, 5.74) is 4.19. The monoisotopic (exact) mass is 364 g/mol. The summed E-state index contributed by atoms with van der Waals surface area (Å²) >= 11 is 1.38. The minimum absolute atomic E-state index is 0.123. The van der Waals surface area contributed by atoms with E-state index >= 15 is 0 Å². The van der Waals surface area contributed by atoms with Crippen LogP contribution in [0, 0.1) is 13.8 Å². The molecule has 0 bridgehead atoms. The smallest absolute Gasteiger partial charge is 0.265 e. The van der Waals surface area contributed by atoms with Gasteiger partial charge in [-0.2, -0.15) is 0 Å². The normalized spacial score (nSPS) is 10.4. The summed E-state index contributed by atoms with van der Waals surface area (Å²) in [6.45, 7) is 4.02. The van der Waals surface area contributed by atoms with Gasteiger partial charge in [-0.3, -0.25) is 9.59 Å². The number of hydrogen-bond donors (Lipinski definition) is 1. The van der Waals surface area contributed by atoms with Gasteiger partial charge in [-0.05, 0) is 66.8 Å². The van der Waals surface area contributed by atoms with Crippen molar-refractivity contribution in [3.05, 3.63) is 81.5 Å². The first-order valence-corrected chi connectivity index (χ1v) is 9.13. The highest BCUT2D eigenvalue weighted by Gasteiger charge is 2.15. The second kappa shape index (κ2) is 7.54. The van der Waals surface area contributed by atoms with Gasteiger partial charge in [0.25, 0.3) is 11.8 Å². The average molecular weight is 364 g/mol. The molecule has 0 aliphatic heterocycles. The Labute approximate surface area is 157 Å². The minimum Gasteiger partial charge on any atom is -0.321 e. The van der Waals surface area contributed by atoms with Crippen LogP contribution in [0.1, 0.15) is 31.2 Å². The van der Waals surface area contributed by atoms with E-state index in [1.54, 1.807) is 42.3 Å². The second-order valence-corrected chi connectivity index (χ2v) is 7.17. The first kappa shape index (κ1) is 17.9. The maximum Gasteiger partial charge on any atom is 0.265 e. The molecule has 4 nitrogen and oxygen atoms in total. The first-order chi connectivity index (χ1) is 12.4. The molecule has 0 aliphatic carbocycles. The lowest BCUT2D eigenvalue weighted by Crippen LogP contribution is -2.26. The predicted molar refractivity (Wildman–Crippen MR) is 107 cm³/mol. The summed E-state index contributed by atoms with van der Waals surface area (Å²) in [5.74, 6) is -0.297. The molecule has 0 spiro atoms. The number of thiophene rings is 1. The number of benzene rings is 2. The molecule has 2 aromatic carbocycles. The van der Waals surface area contributed by atoms with Gasteiger partial charge < -0.3 is 10.2 Å². The molecule has 0 radical (unpaired) electrons. The van der Waals surface area contributed by atoms with E-state index in [0.29, 0.717) is 16.1 Å². The van der Waals surface area contributed by atoms with E-state index in [2.05, 4.69) is 11.4 Å². The molecule has 2 amide bonds. The first-order valence-electron chi connectivity index (χ1n) is 8.25. The number of rotatable bonds is 4. The number of nitrogens with one attached hydrogen (secondary N) is 1. The highest BCUT2D eigenvalue weighted by molar-refractivity contribution is 7.12. The van der Waals surface area contributed by atoms with Crippen LogP contribution in [0.4, 0.5) is 11.4 Å². The van der Waals surface area contributed by atoms with E-state index in [1.807, 2.05) is 37.4 Å². The van der Waals surface area contributed by atoms with Crippen LogP contribution >= 0.6 is 11.3 Å². The van der Waals surface area contributed by atoms with E-state index in [-0.39, 0.29) is 11.8 Å². The van der Waals surface area contributed by atoms with E-state index in [0.717, 1.165) is 16.8 Å². The SMILES string of the molecule is Cc1cc(C)cc(N(C)C(=O)c2cccc(NC(=O)c3cccs3)c2)c1. The zero-order valence-electron chi connectivity index (χ0n) is 14.9. The van der Waals surface area contributed by atoms with Crippen molar-refractivity contribution in [2.75, 3.05) is 17.3 Å². The molecule has 3 rings (SSSR count). The van der Waals surface area contributed by atoms with Gasteiger partial charge in [0, 0.05) is 24.0 Å². The summed E-state index contributed by atoms with van der Waals surface area (Å²) in [4.78, 5) is 27.3. The summed E-state index contributed by atoms with van der Waals surface area (Å²) in [7, 11) is 1.76. The van der Waals surface area contributed by atoms with Crippen molar-refractivity contribution in [3.8, 4) is 0 Å². The van der Waals surface area contributed by atoms with Crippen LogP contribution < -0.4 is 10.2 Å². The molecule has 0 atom stereocenters. The van der Waals surface area contributed by atoms with Gasteiger partial charge in [0.05, 0.1) is 4.88 Å². The molecule has 1 heterocycles. The number of amides is 2. The Bertz CT molecular complexity index is 928. The van der Waals surface area contributed by atoms with Crippen molar-refractivity contribution in [2.45, 2.75) is 13.8 Å². The van der Waals surface area contributed by atoms with Crippen molar-refractivity contribution >= 4 is 34.5 Å². The summed E-state index contributed by atoms with van der Waals surface area (Å²) in [5, 5.41) is 4.69. The molecule has 132 valence electrons. The lowest BCUT2D eigenvalue weighted by atomic mass is 10.1. The Morgan fingerprint density at radius 2 is 1.69 bits per heavy atom. The number of aryl methyl sites for hydroxylation is 2. The van der Waals surface area contributed by atoms with Gasteiger partial charge in [0.1, 0.15) is 0 Å². The molecule has 1 aromatic heterocycles. The van der Waals surface area contributed by atoms with Crippen LogP contribution in [0.25, 0.3) is 0 Å². The Balaban J connectivity index is 1.80. The zero-order valence-corrected chi connectivity index (χ0v) is 15.8. The van der Waals surface area contributed by atoms with Crippen LogP contribution in [-0.4, -0.2) is 18.9 Å². The molecule has 0 fully saturated rings. The van der Waals surface area contributed by atoms with Crippen LogP contribution in [0.15, 0.2) is 60.0 Å². The molecule has 0 saturated carbocycles. The van der Waals surface area contributed by atoms with Gasteiger partial charge in [0.15, 0.2) is 0 Å². The van der Waals surface area contributed by atoms with Crippen molar-refractivity contribution in [1.29, 1.82) is 0 Å². The van der Waals surface area contributed by atoms with Crippen LogP contribution in [0.5, 0.6) is 0 Å². The van der Waals surface area contributed by atoms with Crippen LogP contribution in [0.2, 0.25) is 0 Å². The lowest BCUT2D eigenvalue weighted by molar-refractivity contribution is 0.0990. The minimum atomic E-state index is -0.174. The van der Waals surface area contributed by atoms with Gasteiger partial charge in [-0.1, -0.05) is 18.2 Å². The standard InChI is InChI=1S/C21H20N2O2S/c1-14-10-15(2)12-18(11-14)23(3)21(25)16-6-4-7-17(13-16)22-20(24)19-8-5-9-26-19/h4-13H,1-3H3,(H,22,24). The van der Waals surface area contributed by atoms with Gasteiger partial charge in [0.2, 0.25) is 0 Å². The van der Waals surface area contributed by atoms with Crippen LogP contribution in [0.3, 0.4) is 0 Å². The van der Waals surface area contributed by atoms with E-state index in [1.165, 1.54) is 11.3 Å². The summed E-state index contributed by atoms with van der Waals surface area (Å²) in [6, 6.07) is 16.6. The number of carbonyl (C=O) groups excluding carboxylic acids is 2. The third-order valence-corrected chi connectivity index (χ3v) is 4.88. The highest BCUT2D eigenvalue weighted by Crippen LogP contribution is 2.21. The predicted octanol–water partition coefficient (Wildman–Crippen LogP) is 4.89. The largest absolute Gasteiger partial charge is 0.321 e. The number of anilines is 2. The lowest BCUT2D eigenvalue weighted by Gasteiger charge is -2.19. The maximum atomic E-state index is 12.8. The van der Waals surface area contributed by atoms with Crippen molar-refractivity contribution in [2.24, 2.45) is 0 Å². The fraction of sp³-hybridized carbons (Fsp3) is 0.143. The molecule has 26 heavy (non-hydrogen) atoms. The maximum absolute atomic E-state index is 12.8. The van der Waals surface area contributed by atoms with Gasteiger partial charge >= 0.3 is 0 Å². The van der Waals surface area contributed by atoms with E-state index in [4.69, 9.17) is 0 Å². The van der Waals surface area contributed by atoms with Crippen LogP contribution in [-0.2, 0) is 0 Å². The van der Waals surface area contributed by atoms with Crippen molar-refractivity contribution in [1.82, 2.24) is 0 Å². The quantitative estimate of drug-likeness (QED) is 0.716. The third-order valence-electron chi connectivity index (χ3n) is 4.01. The average Bonchev–Trinajstić information content (AvgIpc) is 3.14. The molecule has 3 aromatic rings. The Morgan fingerprint density at radius 1 is 0.962 bits per heavy atom. The number of carbonyl (C=O) groups is 2. The van der Waals surface area contributed by atoms with Gasteiger partial charge in [-0.15, -0.1) is 11.3 Å². The number of hydrogen-bond acceptors (Lipinski definition) is 3. The van der Waals surface area contributed by atoms with Gasteiger partial charge in [-0.25, -0.2) is 0 Å². The fourth-order valence-electron chi connectivity index (χ4n) is 2.79. The fourth-order valence-corrected chi connectivity index (χ4v) is 3.40. The molecule has 1 N–H and O–H groups in total. The van der Waals surface area contributed by atoms with Crippen molar-refractivity contribution in [3.63, 3.8) is 0 Å². The Morgan fingerprint density at radius 3 is 2.35 bits per heavy atom. The Hall–Kier alpha value is -2.92. The number of nitrogens with zero attached hydrogens (tertiary/aromatic N) is 1. The summed E-state index contributed by atoms with van der Waals surface area (Å²) < 4.78 is 0. The molecule has 5 heteroatoms. The second-order valence-electron chi connectivity index (χ2n) is 6.22. The topological polar surface area (TPSA) is 49.4 Å². The highest BCUT2D eigenvalue weighted by atomic mass is 32.1. The Kier molecular flexibility index (Phi) is 5.19. The summed E-state index contributed by atoms with van der Waals surface area (Å²) in [6.07, 6.45) is 0. The molecular weight excluding hydrogens is 344 g/mol.